The molecule has 3 N–H and O–H groups in total. The predicted octanol–water partition coefficient (Wildman–Crippen LogP) is 1.44. The molecule has 1 aromatic rings. The van der Waals surface area contributed by atoms with E-state index < -0.39 is 0 Å². The Morgan fingerprint density at radius 3 is 2.52 bits per heavy atom. The second-order valence-electron chi connectivity index (χ2n) is 5.89. The highest BCUT2D eigenvalue weighted by atomic mass is 19.1. The molecule has 21 heavy (non-hydrogen) atoms. The van der Waals surface area contributed by atoms with Crippen LogP contribution in [0.25, 0.3) is 0 Å². The smallest absolute Gasteiger partial charge is 0.170 e. The standard InChI is InChI=1S/C15H23FN4O/c1-10-7-20(8-11(2)19(10)3)9-12-4-13(15(17)18-21)6-14(16)5-12/h4-6,10-11,21H,7-9H2,1-3H3,(H2,17,18). The van der Waals surface area contributed by atoms with Crippen molar-refractivity contribution in [1.82, 2.24) is 9.80 Å². The summed E-state index contributed by atoms with van der Waals surface area (Å²) in [5.74, 6) is -0.444. The Balaban J connectivity index is 2.14. The molecule has 0 spiro atoms. The summed E-state index contributed by atoms with van der Waals surface area (Å²) in [5, 5.41) is 11.6. The van der Waals surface area contributed by atoms with Crippen molar-refractivity contribution >= 4 is 5.84 Å². The SMILES string of the molecule is CC1CN(Cc2cc(F)cc(/C(N)=N/O)c2)CC(C)N1C. The molecule has 116 valence electrons. The van der Waals surface area contributed by atoms with Crippen LogP contribution in [0.4, 0.5) is 4.39 Å². The van der Waals surface area contributed by atoms with Crippen molar-refractivity contribution in [1.29, 1.82) is 0 Å². The summed E-state index contributed by atoms with van der Waals surface area (Å²) in [6, 6.07) is 5.47. The van der Waals surface area contributed by atoms with Gasteiger partial charge in [-0.25, -0.2) is 4.39 Å². The van der Waals surface area contributed by atoms with Gasteiger partial charge in [0.25, 0.3) is 0 Å². The number of halogens is 1. The number of rotatable bonds is 3. The number of hydrogen-bond donors (Lipinski definition) is 2. The van der Waals surface area contributed by atoms with E-state index in [1.807, 2.05) is 0 Å². The third-order valence-corrected chi connectivity index (χ3v) is 4.20. The fourth-order valence-electron chi connectivity index (χ4n) is 2.85. The van der Waals surface area contributed by atoms with Gasteiger partial charge in [0.15, 0.2) is 5.84 Å². The Morgan fingerprint density at radius 2 is 1.95 bits per heavy atom. The molecule has 1 saturated heterocycles. The molecule has 0 saturated carbocycles. The molecular weight excluding hydrogens is 271 g/mol. The zero-order valence-electron chi connectivity index (χ0n) is 12.8. The molecule has 2 unspecified atom stereocenters. The largest absolute Gasteiger partial charge is 0.409 e. The van der Waals surface area contributed by atoms with Crippen LogP contribution < -0.4 is 5.73 Å². The van der Waals surface area contributed by atoms with Crippen LogP contribution in [0.2, 0.25) is 0 Å². The minimum atomic E-state index is -0.371. The number of hydrogen-bond acceptors (Lipinski definition) is 4. The van der Waals surface area contributed by atoms with E-state index in [9.17, 15) is 4.39 Å². The number of oxime groups is 1. The molecule has 0 radical (unpaired) electrons. The first-order valence-corrected chi connectivity index (χ1v) is 7.12. The predicted molar refractivity (Wildman–Crippen MR) is 80.9 cm³/mol. The van der Waals surface area contributed by atoms with Crippen molar-refractivity contribution in [3.05, 3.63) is 35.1 Å². The van der Waals surface area contributed by atoms with Gasteiger partial charge in [0.2, 0.25) is 0 Å². The van der Waals surface area contributed by atoms with E-state index in [4.69, 9.17) is 10.9 Å². The number of nitrogens with zero attached hydrogens (tertiary/aromatic N) is 3. The number of piperazine rings is 1. The van der Waals surface area contributed by atoms with Crippen LogP contribution in [-0.4, -0.2) is 53.1 Å². The normalized spacial score (nSPS) is 25.2. The summed E-state index contributed by atoms with van der Waals surface area (Å²) < 4.78 is 13.7. The van der Waals surface area contributed by atoms with E-state index in [0.717, 1.165) is 18.7 Å². The second kappa shape index (κ2) is 6.41. The van der Waals surface area contributed by atoms with Crippen LogP contribution in [0.5, 0.6) is 0 Å². The van der Waals surface area contributed by atoms with E-state index in [2.05, 4.69) is 35.9 Å². The first kappa shape index (κ1) is 15.7. The average molecular weight is 294 g/mol. The lowest BCUT2D eigenvalue weighted by Crippen LogP contribution is -2.54. The number of benzene rings is 1. The second-order valence-corrected chi connectivity index (χ2v) is 5.89. The van der Waals surface area contributed by atoms with E-state index in [1.54, 1.807) is 6.07 Å². The Bertz CT molecular complexity index is 522. The van der Waals surface area contributed by atoms with Gasteiger partial charge < -0.3 is 10.9 Å². The lowest BCUT2D eigenvalue weighted by atomic mass is 10.1. The fourth-order valence-corrected chi connectivity index (χ4v) is 2.85. The van der Waals surface area contributed by atoms with Crippen molar-refractivity contribution in [2.75, 3.05) is 20.1 Å². The zero-order chi connectivity index (χ0) is 15.6. The summed E-state index contributed by atoms with van der Waals surface area (Å²) in [6.07, 6.45) is 0. The molecule has 0 bridgehead atoms. The van der Waals surface area contributed by atoms with E-state index in [0.29, 0.717) is 24.2 Å². The van der Waals surface area contributed by atoms with Crippen molar-refractivity contribution in [2.24, 2.45) is 10.9 Å². The molecule has 0 aromatic heterocycles. The monoisotopic (exact) mass is 294 g/mol. The molecule has 0 amide bonds. The number of amidine groups is 1. The highest BCUT2D eigenvalue weighted by Crippen LogP contribution is 2.17. The number of likely N-dealkylation sites (N-methyl/N-ethyl adjacent to an activating group) is 1. The lowest BCUT2D eigenvalue weighted by Gasteiger charge is -2.42. The van der Waals surface area contributed by atoms with Crippen LogP contribution in [0.3, 0.4) is 0 Å². The molecule has 1 fully saturated rings. The third kappa shape index (κ3) is 3.71. The highest BCUT2D eigenvalue weighted by molar-refractivity contribution is 5.97. The van der Waals surface area contributed by atoms with Crippen molar-refractivity contribution in [2.45, 2.75) is 32.5 Å². The van der Waals surface area contributed by atoms with Crippen LogP contribution >= 0.6 is 0 Å². The molecule has 1 aromatic carbocycles. The summed E-state index contributed by atoms with van der Waals surface area (Å²) in [7, 11) is 2.13. The van der Waals surface area contributed by atoms with E-state index >= 15 is 0 Å². The molecular formula is C15H23FN4O. The van der Waals surface area contributed by atoms with Gasteiger partial charge in [-0.1, -0.05) is 5.16 Å². The maximum Gasteiger partial charge on any atom is 0.170 e. The summed E-state index contributed by atoms with van der Waals surface area (Å²) in [4.78, 5) is 4.66. The van der Waals surface area contributed by atoms with Crippen molar-refractivity contribution in [3.8, 4) is 0 Å². The Labute approximate surface area is 124 Å². The molecule has 0 aliphatic carbocycles. The van der Waals surface area contributed by atoms with Gasteiger partial charge in [-0.15, -0.1) is 0 Å². The topological polar surface area (TPSA) is 65.1 Å². The van der Waals surface area contributed by atoms with Crippen LogP contribution in [0.15, 0.2) is 23.4 Å². The average Bonchev–Trinajstić information content (AvgIpc) is 2.43. The molecule has 2 atom stereocenters. The first-order valence-electron chi connectivity index (χ1n) is 7.12. The minimum Gasteiger partial charge on any atom is -0.409 e. The molecule has 1 heterocycles. The summed E-state index contributed by atoms with van der Waals surface area (Å²) >= 11 is 0. The van der Waals surface area contributed by atoms with Gasteiger partial charge in [0.1, 0.15) is 5.82 Å². The van der Waals surface area contributed by atoms with Crippen LogP contribution in [0, 0.1) is 5.82 Å². The Kier molecular flexibility index (Phi) is 4.80. The summed E-state index contributed by atoms with van der Waals surface area (Å²) in [5.41, 5.74) is 6.78. The third-order valence-electron chi connectivity index (χ3n) is 4.20. The molecule has 5 nitrogen and oxygen atoms in total. The molecule has 2 rings (SSSR count). The maximum atomic E-state index is 13.7. The van der Waals surface area contributed by atoms with Gasteiger partial charge in [-0.05, 0) is 44.7 Å². The van der Waals surface area contributed by atoms with Crippen molar-refractivity contribution < 1.29 is 9.60 Å². The van der Waals surface area contributed by atoms with Crippen LogP contribution in [0.1, 0.15) is 25.0 Å². The maximum absolute atomic E-state index is 13.7. The highest BCUT2D eigenvalue weighted by Gasteiger charge is 2.26. The number of nitrogens with two attached hydrogens (primary N) is 1. The molecule has 1 aliphatic rings. The minimum absolute atomic E-state index is 0.0733. The molecule has 6 heteroatoms. The summed E-state index contributed by atoms with van der Waals surface area (Å²) in [6.45, 7) is 6.92. The molecule has 1 aliphatic heterocycles. The quantitative estimate of drug-likeness (QED) is 0.383. The van der Waals surface area contributed by atoms with E-state index in [1.165, 1.54) is 12.1 Å². The Morgan fingerprint density at radius 1 is 1.33 bits per heavy atom. The Hall–Kier alpha value is -1.66. The van der Waals surface area contributed by atoms with Gasteiger partial charge in [-0.2, -0.15) is 0 Å². The van der Waals surface area contributed by atoms with Gasteiger partial charge in [-0.3, -0.25) is 9.80 Å². The van der Waals surface area contributed by atoms with Gasteiger partial charge in [0.05, 0.1) is 0 Å². The zero-order valence-corrected chi connectivity index (χ0v) is 12.8. The lowest BCUT2D eigenvalue weighted by molar-refractivity contribution is 0.0556. The first-order chi connectivity index (χ1) is 9.90. The van der Waals surface area contributed by atoms with Gasteiger partial charge in [0, 0.05) is 37.3 Å². The van der Waals surface area contributed by atoms with Gasteiger partial charge >= 0.3 is 0 Å². The fraction of sp³-hybridized carbons (Fsp3) is 0.533. The van der Waals surface area contributed by atoms with Crippen molar-refractivity contribution in [3.63, 3.8) is 0 Å². The van der Waals surface area contributed by atoms with Crippen LogP contribution in [-0.2, 0) is 6.54 Å². The van der Waals surface area contributed by atoms with E-state index in [-0.39, 0.29) is 11.7 Å².